The van der Waals surface area contributed by atoms with Crippen molar-refractivity contribution in [3.05, 3.63) is 81.6 Å². The standard InChI is InChI=1S/C24H22ClN3O5/c1-32-20-6-9-21(22(16-20)28(30)31)26-12-14-27(15-13-26)24(29)11-8-19-7-10-23(33-19)17-2-4-18(25)5-3-17/h2-11,16H,12-15H2,1H3/b11-8+. The molecule has 0 saturated carbocycles. The van der Waals surface area contributed by atoms with Crippen LogP contribution in [-0.2, 0) is 4.79 Å². The van der Waals surface area contributed by atoms with Crippen LogP contribution in [0.1, 0.15) is 5.76 Å². The van der Waals surface area contributed by atoms with E-state index in [1.54, 1.807) is 41.3 Å². The summed E-state index contributed by atoms with van der Waals surface area (Å²) in [5.41, 5.74) is 1.41. The maximum Gasteiger partial charge on any atom is 0.296 e. The number of carbonyl (C=O) groups excluding carboxylic acids is 1. The summed E-state index contributed by atoms with van der Waals surface area (Å²) in [6.07, 6.45) is 3.12. The highest BCUT2D eigenvalue weighted by molar-refractivity contribution is 6.30. The first-order valence-corrected chi connectivity index (χ1v) is 10.7. The number of furan rings is 1. The molecule has 0 aliphatic carbocycles. The van der Waals surface area contributed by atoms with E-state index in [0.717, 1.165) is 5.56 Å². The van der Waals surface area contributed by atoms with Gasteiger partial charge in [0.15, 0.2) is 0 Å². The average Bonchev–Trinajstić information content (AvgIpc) is 3.31. The Morgan fingerprint density at radius 2 is 1.82 bits per heavy atom. The van der Waals surface area contributed by atoms with Crippen molar-refractivity contribution >= 4 is 35.0 Å². The minimum Gasteiger partial charge on any atom is -0.496 e. The fourth-order valence-electron chi connectivity index (χ4n) is 3.68. The van der Waals surface area contributed by atoms with Crippen LogP contribution in [0.2, 0.25) is 5.02 Å². The first-order valence-electron chi connectivity index (χ1n) is 10.3. The summed E-state index contributed by atoms with van der Waals surface area (Å²) in [4.78, 5) is 27.3. The van der Waals surface area contributed by atoms with E-state index in [-0.39, 0.29) is 11.6 Å². The fourth-order valence-corrected chi connectivity index (χ4v) is 3.81. The zero-order chi connectivity index (χ0) is 23.4. The van der Waals surface area contributed by atoms with Crippen molar-refractivity contribution in [2.45, 2.75) is 0 Å². The molecule has 2 heterocycles. The lowest BCUT2D eigenvalue weighted by Gasteiger charge is -2.35. The van der Waals surface area contributed by atoms with E-state index in [1.807, 2.05) is 23.1 Å². The summed E-state index contributed by atoms with van der Waals surface area (Å²) in [6.45, 7) is 1.91. The van der Waals surface area contributed by atoms with Crippen molar-refractivity contribution in [3.63, 3.8) is 0 Å². The van der Waals surface area contributed by atoms with Gasteiger partial charge in [-0.2, -0.15) is 0 Å². The molecule has 0 bridgehead atoms. The third-order valence-electron chi connectivity index (χ3n) is 5.46. The van der Waals surface area contributed by atoms with Crippen LogP contribution in [0.4, 0.5) is 11.4 Å². The molecule has 33 heavy (non-hydrogen) atoms. The van der Waals surface area contributed by atoms with Gasteiger partial charge in [0.1, 0.15) is 23.0 Å². The molecule has 1 aliphatic rings. The fraction of sp³-hybridized carbons (Fsp3) is 0.208. The van der Waals surface area contributed by atoms with E-state index in [4.69, 9.17) is 20.8 Å². The van der Waals surface area contributed by atoms with Crippen LogP contribution >= 0.6 is 11.6 Å². The van der Waals surface area contributed by atoms with Crippen molar-refractivity contribution in [1.29, 1.82) is 0 Å². The maximum atomic E-state index is 12.6. The van der Waals surface area contributed by atoms with E-state index in [0.29, 0.717) is 54.2 Å². The molecule has 0 spiro atoms. The number of amides is 1. The number of carbonyl (C=O) groups is 1. The Balaban J connectivity index is 1.37. The number of methoxy groups -OCH3 is 1. The number of anilines is 1. The van der Waals surface area contributed by atoms with Gasteiger partial charge in [0.2, 0.25) is 5.91 Å². The van der Waals surface area contributed by atoms with Crippen molar-refractivity contribution in [3.8, 4) is 17.1 Å². The van der Waals surface area contributed by atoms with Gasteiger partial charge in [-0.25, -0.2) is 0 Å². The molecule has 0 N–H and O–H groups in total. The molecule has 1 saturated heterocycles. The molecular weight excluding hydrogens is 446 g/mol. The van der Waals surface area contributed by atoms with Crippen molar-refractivity contribution < 1.29 is 18.9 Å². The third kappa shape index (κ3) is 5.18. The highest BCUT2D eigenvalue weighted by Crippen LogP contribution is 2.32. The number of ether oxygens (including phenoxy) is 1. The van der Waals surface area contributed by atoms with Crippen molar-refractivity contribution in [1.82, 2.24) is 4.90 Å². The molecule has 1 amide bonds. The van der Waals surface area contributed by atoms with Crippen LogP contribution in [0, 0.1) is 10.1 Å². The zero-order valence-corrected chi connectivity index (χ0v) is 18.7. The van der Waals surface area contributed by atoms with Crippen molar-refractivity contribution in [2.75, 3.05) is 38.2 Å². The molecule has 1 aromatic heterocycles. The Morgan fingerprint density at radius 3 is 2.48 bits per heavy atom. The molecule has 3 aromatic rings. The topological polar surface area (TPSA) is 89.1 Å². The molecule has 1 fully saturated rings. The van der Waals surface area contributed by atoms with Gasteiger partial charge in [-0.1, -0.05) is 11.6 Å². The van der Waals surface area contributed by atoms with E-state index in [1.165, 1.54) is 19.3 Å². The van der Waals surface area contributed by atoms with Crippen LogP contribution in [0.3, 0.4) is 0 Å². The van der Waals surface area contributed by atoms with Gasteiger partial charge in [-0.05, 0) is 54.6 Å². The van der Waals surface area contributed by atoms with E-state index in [9.17, 15) is 14.9 Å². The summed E-state index contributed by atoms with van der Waals surface area (Å²) >= 11 is 5.92. The molecular formula is C24H22ClN3O5. The van der Waals surface area contributed by atoms with E-state index in [2.05, 4.69) is 0 Å². The van der Waals surface area contributed by atoms with Crippen LogP contribution in [0.25, 0.3) is 17.4 Å². The lowest BCUT2D eigenvalue weighted by molar-refractivity contribution is -0.384. The summed E-state index contributed by atoms with van der Waals surface area (Å²) in [5.74, 6) is 1.55. The number of nitrogens with zero attached hydrogens (tertiary/aromatic N) is 3. The van der Waals surface area contributed by atoms with Gasteiger partial charge in [-0.3, -0.25) is 14.9 Å². The van der Waals surface area contributed by atoms with Crippen LogP contribution < -0.4 is 9.64 Å². The normalized spacial score (nSPS) is 14.0. The minimum absolute atomic E-state index is 0.0108. The molecule has 0 atom stereocenters. The SMILES string of the molecule is COc1ccc(N2CCN(C(=O)/C=C/c3ccc(-c4ccc(Cl)cc4)o3)CC2)c([N+](=O)[O-])c1. The van der Waals surface area contributed by atoms with E-state index < -0.39 is 4.92 Å². The second kappa shape index (κ2) is 9.79. The number of hydrogen-bond acceptors (Lipinski definition) is 6. The molecule has 170 valence electrons. The molecule has 8 nitrogen and oxygen atoms in total. The smallest absolute Gasteiger partial charge is 0.296 e. The lowest BCUT2D eigenvalue weighted by atomic mass is 10.2. The highest BCUT2D eigenvalue weighted by atomic mass is 35.5. The lowest BCUT2D eigenvalue weighted by Crippen LogP contribution is -2.48. The van der Waals surface area contributed by atoms with Gasteiger partial charge in [0.05, 0.1) is 18.1 Å². The van der Waals surface area contributed by atoms with Gasteiger partial charge in [-0.15, -0.1) is 0 Å². The van der Waals surface area contributed by atoms with Crippen LogP contribution in [0.15, 0.2) is 65.1 Å². The highest BCUT2D eigenvalue weighted by Gasteiger charge is 2.25. The Morgan fingerprint density at radius 1 is 1.09 bits per heavy atom. The summed E-state index contributed by atoms with van der Waals surface area (Å²) in [6, 6.07) is 15.8. The van der Waals surface area contributed by atoms with Gasteiger partial charge in [0.25, 0.3) is 5.69 Å². The summed E-state index contributed by atoms with van der Waals surface area (Å²) in [7, 11) is 1.47. The zero-order valence-electron chi connectivity index (χ0n) is 17.9. The number of hydrogen-bond donors (Lipinski definition) is 0. The number of piperazine rings is 1. The molecule has 0 unspecified atom stereocenters. The second-order valence-corrected chi connectivity index (χ2v) is 7.90. The quantitative estimate of drug-likeness (QED) is 0.291. The number of nitro benzene ring substituents is 1. The third-order valence-corrected chi connectivity index (χ3v) is 5.71. The van der Waals surface area contributed by atoms with Crippen LogP contribution in [-0.4, -0.2) is 49.0 Å². The molecule has 1 aliphatic heterocycles. The molecule has 9 heteroatoms. The van der Waals surface area contributed by atoms with Crippen LogP contribution in [0.5, 0.6) is 5.75 Å². The predicted molar refractivity (Wildman–Crippen MR) is 127 cm³/mol. The maximum absolute atomic E-state index is 12.6. The van der Waals surface area contributed by atoms with Gasteiger partial charge >= 0.3 is 0 Å². The summed E-state index contributed by atoms with van der Waals surface area (Å²) < 4.78 is 10.9. The number of halogens is 1. The monoisotopic (exact) mass is 467 g/mol. The number of benzene rings is 2. The Labute approximate surface area is 195 Å². The average molecular weight is 468 g/mol. The van der Waals surface area contributed by atoms with Gasteiger partial charge < -0.3 is 19.0 Å². The van der Waals surface area contributed by atoms with Gasteiger partial charge in [0, 0.05) is 42.8 Å². The van der Waals surface area contributed by atoms with Crippen molar-refractivity contribution in [2.24, 2.45) is 0 Å². The Bertz CT molecular complexity index is 1180. The van der Waals surface area contributed by atoms with E-state index >= 15 is 0 Å². The molecule has 2 aromatic carbocycles. The summed E-state index contributed by atoms with van der Waals surface area (Å²) in [5, 5.41) is 12.1. The molecule has 4 rings (SSSR count). The Kier molecular flexibility index (Phi) is 6.65. The predicted octanol–water partition coefficient (Wildman–Crippen LogP) is 4.88. The first kappa shape index (κ1) is 22.4. The number of nitro groups is 1. The molecule has 0 radical (unpaired) electrons. The largest absolute Gasteiger partial charge is 0.496 e. The second-order valence-electron chi connectivity index (χ2n) is 7.47. The minimum atomic E-state index is -0.417. The first-order chi connectivity index (χ1) is 15.9. The number of rotatable bonds is 6. The Hall–Kier alpha value is -3.78.